The maximum absolute atomic E-state index is 12.8. The maximum atomic E-state index is 12.8. The third-order valence-electron chi connectivity index (χ3n) is 5.23. The van der Waals surface area contributed by atoms with Crippen molar-refractivity contribution < 1.29 is 23.4 Å². The first-order chi connectivity index (χ1) is 15.6. The predicted molar refractivity (Wildman–Crippen MR) is 119 cm³/mol. The first-order valence-corrected chi connectivity index (χ1v) is 10.1. The molecule has 0 saturated carbocycles. The summed E-state index contributed by atoms with van der Waals surface area (Å²) in [7, 11) is 4.60. The van der Waals surface area contributed by atoms with Crippen LogP contribution in [0.4, 0.5) is 16.3 Å². The summed E-state index contributed by atoms with van der Waals surface area (Å²) in [5.41, 5.74) is 1.24. The van der Waals surface area contributed by atoms with E-state index in [9.17, 15) is 4.79 Å². The van der Waals surface area contributed by atoms with Crippen molar-refractivity contribution in [2.45, 2.75) is 0 Å². The Bertz CT molecular complexity index is 1020. The first kappa shape index (κ1) is 21.3. The summed E-state index contributed by atoms with van der Waals surface area (Å²) >= 11 is 0. The third-order valence-corrected chi connectivity index (χ3v) is 5.23. The Balaban J connectivity index is 1.37. The van der Waals surface area contributed by atoms with Crippen LogP contribution in [0.2, 0.25) is 0 Å². The standard InChI is InChI=1S/C22H25N5O5/c1-29-18-13-15(14-19(30-2)21(18)31-3)23-22(28)27-10-8-26(9-11-27)20-7-6-16(24-25-20)17-5-4-12-32-17/h4-7,12-14H,8-11H2,1-3H3,(H,23,28). The van der Waals surface area contributed by atoms with Crippen LogP contribution >= 0.6 is 0 Å². The van der Waals surface area contributed by atoms with Crippen molar-refractivity contribution in [2.24, 2.45) is 0 Å². The number of piperazine rings is 1. The number of methoxy groups -OCH3 is 3. The van der Waals surface area contributed by atoms with Crippen LogP contribution < -0.4 is 24.4 Å². The molecule has 0 spiro atoms. The number of rotatable bonds is 6. The minimum absolute atomic E-state index is 0.196. The quantitative estimate of drug-likeness (QED) is 0.625. The van der Waals surface area contributed by atoms with Crippen molar-refractivity contribution in [3.63, 3.8) is 0 Å². The molecule has 1 aliphatic heterocycles. The summed E-state index contributed by atoms with van der Waals surface area (Å²) < 4.78 is 21.4. The first-order valence-electron chi connectivity index (χ1n) is 10.1. The number of urea groups is 1. The van der Waals surface area contributed by atoms with E-state index in [0.717, 1.165) is 5.82 Å². The lowest BCUT2D eigenvalue weighted by molar-refractivity contribution is 0.208. The second-order valence-electron chi connectivity index (χ2n) is 7.07. The van der Waals surface area contributed by atoms with E-state index in [1.807, 2.05) is 24.3 Å². The number of carbonyl (C=O) groups is 1. The molecule has 32 heavy (non-hydrogen) atoms. The molecule has 3 aromatic rings. The van der Waals surface area contributed by atoms with Gasteiger partial charge in [-0.1, -0.05) is 0 Å². The molecule has 1 aliphatic rings. The highest BCUT2D eigenvalue weighted by molar-refractivity contribution is 5.90. The smallest absolute Gasteiger partial charge is 0.321 e. The topological polar surface area (TPSA) is 102 Å². The third kappa shape index (κ3) is 4.39. The maximum Gasteiger partial charge on any atom is 0.321 e. The van der Waals surface area contributed by atoms with Crippen molar-refractivity contribution in [1.29, 1.82) is 0 Å². The van der Waals surface area contributed by atoms with E-state index in [2.05, 4.69) is 20.4 Å². The van der Waals surface area contributed by atoms with Gasteiger partial charge in [0.25, 0.3) is 0 Å². The van der Waals surface area contributed by atoms with Gasteiger partial charge in [0.2, 0.25) is 5.75 Å². The van der Waals surface area contributed by atoms with Crippen molar-refractivity contribution >= 4 is 17.5 Å². The average Bonchev–Trinajstić information content (AvgIpc) is 3.38. The zero-order chi connectivity index (χ0) is 22.5. The van der Waals surface area contributed by atoms with Gasteiger partial charge in [-0.05, 0) is 24.3 Å². The lowest BCUT2D eigenvalue weighted by atomic mass is 10.2. The van der Waals surface area contributed by atoms with Gasteiger partial charge in [-0.15, -0.1) is 10.2 Å². The second kappa shape index (κ2) is 9.46. The Morgan fingerprint density at radius 2 is 1.69 bits per heavy atom. The number of nitrogens with zero attached hydrogens (tertiary/aromatic N) is 4. The van der Waals surface area contributed by atoms with Gasteiger partial charge in [0, 0.05) is 38.3 Å². The molecule has 0 atom stereocenters. The highest BCUT2D eigenvalue weighted by Crippen LogP contribution is 2.40. The Morgan fingerprint density at radius 1 is 0.969 bits per heavy atom. The largest absolute Gasteiger partial charge is 0.493 e. The van der Waals surface area contributed by atoms with E-state index >= 15 is 0 Å². The fourth-order valence-corrected chi connectivity index (χ4v) is 3.54. The molecule has 2 aromatic heterocycles. The molecule has 10 heteroatoms. The molecule has 0 radical (unpaired) electrons. The molecule has 1 aromatic carbocycles. The van der Waals surface area contributed by atoms with Crippen LogP contribution in [0.25, 0.3) is 11.5 Å². The molecule has 2 amide bonds. The van der Waals surface area contributed by atoms with Crippen molar-refractivity contribution in [2.75, 3.05) is 57.7 Å². The molecule has 1 fully saturated rings. The molecule has 1 N–H and O–H groups in total. The lowest BCUT2D eigenvalue weighted by Crippen LogP contribution is -2.50. The summed E-state index contributed by atoms with van der Waals surface area (Å²) in [4.78, 5) is 16.6. The Labute approximate surface area is 185 Å². The lowest BCUT2D eigenvalue weighted by Gasteiger charge is -2.35. The van der Waals surface area contributed by atoms with Crippen LogP contribution in [-0.4, -0.2) is 68.6 Å². The molecule has 0 aliphatic carbocycles. The zero-order valence-corrected chi connectivity index (χ0v) is 18.2. The van der Waals surface area contributed by atoms with Gasteiger partial charge in [0.1, 0.15) is 5.69 Å². The highest BCUT2D eigenvalue weighted by atomic mass is 16.5. The van der Waals surface area contributed by atoms with E-state index in [-0.39, 0.29) is 6.03 Å². The fraction of sp³-hybridized carbons (Fsp3) is 0.318. The van der Waals surface area contributed by atoms with Crippen LogP contribution in [-0.2, 0) is 0 Å². The number of nitrogens with one attached hydrogen (secondary N) is 1. The van der Waals surface area contributed by atoms with E-state index in [1.54, 1.807) is 23.3 Å². The Kier molecular flexibility index (Phi) is 6.29. The molecule has 168 valence electrons. The molecule has 4 rings (SSSR count). The minimum atomic E-state index is -0.196. The van der Waals surface area contributed by atoms with E-state index in [1.165, 1.54) is 21.3 Å². The van der Waals surface area contributed by atoms with Crippen molar-refractivity contribution in [3.8, 4) is 28.7 Å². The summed E-state index contributed by atoms with van der Waals surface area (Å²) in [6, 6.07) is 10.7. The summed E-state index contributed by atoms with van der Waals surface area (Å²) in [6.45, 7) is 2.41. The van der Waals surface area contributed by atoms with Crippen LogP contribution in [0, 0.1) is 0 Å². The van der Waals surface area contributed by atoms with Crippen LogP contribution in [0.5, 0.6) is 17.2 Å². The van der Waals surface area contributed by atoms with Crippen molar-refractivity contribution in [3.05, 3.63) is 42.7 Å². The second-order valence-corrected chi connectivity index (χ2v) is 7.07. The van der Waals surface area contributed by atoms with Crippen LogP contribution in [0.1, 0.15) is 0 Å². The van der Waals surface area contributed by atoms with E-state index in [4.69, 9.17) is 18.6 Å². The minimum Gasteiger partial charge on any atom is -0.493 e. The van der Waals surface area contributed by atoms with Gasteiger partial charge in [0.05, 0.1) is 33.3 Å². The van der Waals surface area contributed by atoms with Crippen LogP contribution in [0.3, 0.4) is 0 Å². The fourth-order valence-electron chi connectivity index (χ4n) is 3.54. The number of furan rings is 1. The number of aromatic nitrogens is 2. The predicted octanol–water partition coefficient (Wildman–Crippen LogP) is 3.12. The molecule has 1 saturated heterocycles. The number of anilines is 2. The number of amides is 2. The Hall–Kier alpha value is -3.95. The van der Waals surface area contributed by atoms with Gasteiger partial charge >= 0.3 is 6.03 Å². The number of carbonyl (C=O) groups excluding carboxylic acids is 1. The van der Waals surface area contributed by atoms with Gasteiger partial charge in [-0.2, -0.15) is 0 Å². The highest BCUT2D eigenvalue weighted by Gasteiger charge is 2.23. The molecule has 10 nitrogen and oxygen atoms in total. The molecule has 0 bridgehead atoms. The van der Waals surface area contributed by atoms with E-state index in [0.29, 0.717) is 60.6 Å². The monoisotopic (exact) mass is 439 g/mol. The normalized spacial score (nSPS) is 13.6. The Morgan fingerprint density at radius 3 is 2.22 bits per heavy atom. The number of hydrogen-bond donors (Lipinski definition) is 1. The molecule has 3 heterocycles. The van der Waals surface area contributed by atoms with Crippen LogP contribution in [0.15, 0.2) is 47.1 Å². The molecular formula is C22H25N5O5. The van der Waals surface area contributed by atoms with Gasteiger partial charge in [-0.25, -0.2) is 4.79 Å². The SMILES string of the molecule is COc1cc(NC(=O)N2CCN(c3ccc(-c4ccco4)nn3)CC2)cc(OC)c1OC. The van der Waals surface area contributed by atoms with E-state index < -0.39 is 0 Å². The number of benzene rings is 1. The molecular weight excluding hydrogens is 414 g/mol. The average molecular weight is 439 g/mol. The zero-order valence-electron chi connectivity index (χ0n) is 18.2. The van der Waals surface area contributed by atoms with Gasteiger partial charge in [0.15, 0.2) is 23.1 Å². The number of hydrogen-bond acceptors (Lipinski definition) is 8. The van der Waals surface area contributed by atoms with Gasteiger partial charge in [-0.3, -0.25) is 0 Å². The summed E-state index contributed by atoms with van der Waals surface area (Å²) in [5.74, 6) is 2.87. The van der Waals surface area contributed by atoms with Crippen molar-refractivity contribution in [1.82, 2.24) is 15.1 Å². The van der Waals surface area contributed by atoms with Gasteiger partial charge < -0.3 is 33.7 Å². The number of ether oxygens (including phenoxy) is 3. The molecule has 0 unspecified atom stereocenters. The summed E-state index contributed by atoms with van der Waals surface area (Å²) in [5, 5.41) is 11.5. The summed E-state index contributed by atoms with van der Waals surface area (Å²) in [6.07, 6.45) is 1.60.